The number of nitrogens with zero attached hydrogens (tertiary/aromatic N) is 4. The van der Waals surface area contributed by atoms with E-state index in [-0.39, 0.29) is 42.6 Å². The van der Waals surface area contributed by atoms with Gasteiger partial charge < -0.3 is 10.6 Å². The van der Waals surface area contributed by atoms with Crippen molar-refractivity contribution in [1.82, 2.24) is 30.2 Å². The minimum atomic E-state index is -0.240. The number of carbonyl (C=O) groups is 1. The quantitative estimate of drug-likeness (QED) is 0.844. The van der Waals surface area contributed by atoms with Crippen molar-refractivity contribution in [2.45, 2.75) is 26.3 Å². The molecule has 0 spiro atoms. The molecule has 0 radical (unpaired) electrons. The lowest BCUT2D eigenvalue weighted by Gasteiger charge is -2.08. The van der Waals surface area contributed by atoms with Crippen molar-refractivity contribution in [1.29, 1.82) is 0 Å². The van der Waals surface area contributed by atoms with Gasteiger partial charge in [-0.15, -0.1) is 29.9 Å². The highest BCUT2D eigenvalue weighted by atomic mass is 35.5. The van der Waals surface area contributed by atoms with Gasteiger partial charge in [0.25, 0.3) is 11.7 Å². The van der Waals surface area contributed by atoms with Crippen molar-refractivity contribution in [2.24, 2.45) is 0 Å². The first-order valence-electron chi connectivity index (χ1n) is 6.36. The normalized spacial score (nSPS) is 17.1. The molecule has 21 heavy (non-hydrogen) atoms. The van der Waals surface area contributed by atoms with Crippen LogP contribution in [0, 0.1) is 13.8 Å². The predicted molar refractivity (Wildman–Crippen MR) is 83.5 cm³/mol. The van der Waals surface area contributed by atoms with Crippen molar-refractivity contribution >= 4 is 36.5 Å². The van der Waals surface area contributed by atoms with Gasteiger partial charge in [-0.05, 0) is 32.9 Å². The van der Waals surface area contributed by atoms with E-state index in [1.165, 1.54) is 0 Å². The number of hydrogen-bond donors (Lipinski definition) is 2. The fourth-order valence-corrected chi connectivity index (χ4v) is 2.29. The highest BCUT2D eigenvalue weighted by Gasteiger charge is 2.21. The Balaban J connectivity index is 0.00000110. The van der Waals surface area contributed by atoms with Crippen molar-refractivity contribution in [2.75, 3.05) is 13.1 Å². The number of halogens is 2. The molecule has 1 atom stereocenters. The number of nitrogens with one attached hydrogen (secondary N) is 2. The second kappa shape index (κ2) is 7.02. The van der Waals surface area contributed by atoms with Crippen LogP contribution in [0.15, 0.2) is 6.07 Å². The third kappa shape index (κ3) is 3.61. The fraction of sp³-hybridized carbons (Fsp3) is 0.500. The lowest BCUT2D eigenvalue weighted by atomic mass is 10.2. The Morgan fingerprint density at radius 2 is 2.14 bits per heavy atom. The number of rotatable bonds is 2. The molecule has 1 aliphatic rings. The molecule has 116 valence electrons. The molecule has 3 rings (SSSR count). The van der Waals surface area contributed by atoms with Gasteiger partial charge in [-0.2, -0.15) is 4.98 Å². The number of carbonyl (C=O) groups excluding carboxylic acids is 1. The highest BCUT2D eigenvalue weighted by Crippen LogP contribution is 2.06. The SMILES string of the molecule is Cc1cc(C)n2nc(C(=O)NC3CCNC3)nc2n1.Cl.Cl. The monoisotopic (exact) mass is 332 g/mol. The molecule has 0 saturated carbocycles. The van der Waals surface area contributed by atoms with Gasteiger partial charge in [0.1, 0.15) is 0 Å². The molecule has 2 aromatic heterocycles. The number of hydrogen-bond acceptors (Lipinski definition) is 5. The Morgan fingerprint density at radius 3 is 2.81 bits per heavy atom. The van der Waals surface area contributed by atoms with Crippen LogP contribution in [0.25, 0.3) is 5.78 Å². The first-order valence-corrected chi connectivity index (χ1v) is 6.36. The van der Waals surface area contributed by atoms with Gasteiger partial charge in [-0.1, -0.05) is 0 Å². The van der Waals surface area contributed by atoms with Crippen molar-refractivity contribution < 1.29 is 4.79 Å². The van der Waals surface area contributed by atoms with Crippen LogP contribution in [0.1, 0.15) is 28.4 Å². The summed E-state index contributed by atoms with van der Waals surface area (Å²) >= 11 is 0. The smallest absolute Gasteiger partial charge is 0.291 e. The maximum atomic E-state index is 12.1. The Labute approximate surface area is 134 Å². The van der Waals surface area contributed by atoms with Crippen LogP contribution in [0.2, 0.25) is 0 Å². The fourth-order valence-electron chi connectivity index (χ4n) is 2.29. The Bertz CT molecular complexity index is 638. The van der Waals surface area contributed by atoms with Crippen molar-refractivity contribution in [3.05, 3.63) is 23.3 Å². The molecule has 1 saturated heterocycles. The van der Waals surface area contributed by atoms with Crippen LogP contribution in [0.4, 0.5) is 0 Å². The van der Waals surface area contributed by atoms with Gasteiger partial charge in [0.05, 0.1) is 0 Å². The van der Waals surface area contributed by atoms with E-state index in [9.17, 15) is 4.79 Å². The predicted octanol–water partition coefficient (Wildman–Crippen LogP) is 0.676. The maximum Gasteiger partial charge on any atom is 0.291 e. The summed E-state index contributed by atoms with van der Waals surface area (Å²) in [6.07, 6.45) is 0.940. The lowest BCUT2D eigenvalue weighted by molar-refractivity contribution is 0.0930. The van der Waals surface area contributed by atoms with Crippen LogP contribution >= 0.6 is 24.8 Å². The molecule has 3 heterocycles. The van der Waals surface area contributed by atoms with Gasteiger partial charge in [-0.25, -0.2) is 9.50 Å². The van der Waals surface area contributed by atoms with E-state index in [4.69, 9.17) is 0 Å². The van der Waals surface area contributed by atoms with E-state index >= 15 is 0 Å². The first kappa shape index (κ1) is 17.6. The Morgan fingerprint density at radius 1 is 1.38 bits per heavy atom. The van der Waals surface area contributed by atoms with Gasteiger partial charge in [0.15, 0.2) is 0 Å². The number of aryl methyl sites for hydroxylation is 2. The van der Waals surface area contributed by atoms with Crippen LogP contribution < -0.4 is 10.6 Å². The largest absolute Gasteiger partial charge is 0.345 e. The zero-order valence-corrected chi connectivity index (χ0v) is 13.4. The molecule has 1 fully saturated rings. The van der Waals surface area contributed by atoms with E-state index in [1.54, 1.807) is 4.52 Å². The van der Waals surface area contributed by atoms with Crippen LogP contribution in [0.3, 0.4) is 0 Å². The van der Waals surface area contributed by atoms with Gasteiger partial charge in [0, 0.05) is 24.0 Å². The third-order valence-electron chi connectivity index (χ3n) is 3.22. The molecule has 7 nitrogen and oxygen atoms in total. The summed E-state index contributed by atoms with van der Waals surface area (Å²) in [5, 5.41) is 10.3. The summed E-state index contributed by atoms with van der Waals surface area (Å²) in [6, 6.07) is 2.07. The number of aromatic nitrogens is 4. The van der Waals surface area contributed by atoms with E-state index in [2.05, 4.69) is 25.7 Å². The zero-order chi connectivity index (χ0) is 13.4. The summed E-state index contributed by atoms with van der Waals surface area (Å²) in [5.41, 5.74) is 1.78. The third-order valence-corrected chi connectivity index (χ3v) is 3.22. The average molecular weight is 333 g/mol. The molecule has 1 aliphatic heterocycles. The van der Waals surface area contributed by atoms with E-state index in [1.807, 2.05) is 19.9 Å². The summed E-state index contributed by atoms with van der Waals surface area (Å²) in [5.74, 6) is 0.400. The Kier molecular flexibility index (Phi) is 5.88. The summed E-state index contributed by atoms with van der Waals surface area (Å²) in [6.45, 7) is 5.55. The maximum absolute atomic E-state index is 12.1. The molecular formula is C12H18Cl2N6O. The van der Waals surface area contributed by atoms with Gasteiger partial charge in [-0.3, -0.25) is 4.79 Å². The summed E-state index contributed by atoms with van der Waals surface area (Å²) in [7, 11) is 0. The lowest BCUT2D eigenvalue weighted by Crippen LogP contribution is -2.36. The van der Waals surface area contributed by atoms with Gasteiger partial charge in [0.2, 0.25) is 5.82 Å². The summed E-state index contributed by atoms with van der Waals surface area (Å²) < 4.78 is 1.59. The van der Waals surface area contributed by atoms with E-state index < -0.39 is 0 Å². The standard InChI is InChI=1S/C12H16N6O.2ClH/c1-7-5-8(2)18-12(14-7)16-10(17-18)11(19)15-9-3-4-13-6-9;;/h5,9,13H,3-4,6H2,1-2H3,(H,15,19);2*1H. The topological polar surface area (TPSA) is 84.2 Å². The van der Waals surface area contributed by atoms with E-state index in [0.717, 1.165) is 30.9 Å². The average Bonchev–Trinajstić information content (AvgIpc) is 2.97. The minimum Gasteiger partial charge on any atom is -0.345 e. The zero-order valence-electron chi connectivity index (χ0n) is 11.8. The molecular weight excluding hydrogens is 315 g/mol. The second-order valence-corrected chi connectivity index (χ2v) is 4.85. The van der Waals surface area contributed by atoms with Gasteiger partial charge >= 0.3 is 0 Å². The second-order valence-electron chi connectivity index (χ2n) is 4.85. The van der Waals surface area contributed by atoms with Crippen LogP contribution in [-0.4, -0.2) is 44.6 Å². The van der Waals surface area contributed by atoms with Crippen molar-refractivity contribution in [3.8, 4) is 0 Å². The van der Waals surface area contributed by atoms with Crippen LogP contribution in [0.5, 0.6) is 0 Å². The van der Waals surface area contributed by atoms with Crippen LogP contribution in [-0.2, 0) is 0 Å². The molecule has 9 heteroatoms. The van der Waals surface area contributed by atoms with E-state index in [0.29, 0.717) is 5.78 Å². The molecule has 0 aromatic carbocycles. The number of fused-ring (bicyclic) bond motifs is 1. The number of amides is 1. The molecule has 2 aromatic rings. The first-order chi connectivity index (χ1) is 9.13. The molecule has 2 N–H and O–H groups in total. The summed E-state index contributed by atoms with van der Waals surface area (Å²) in [4.78, 5) is 20.5. The van der Waals surface area contributed by atoms with Crippen molar-refractivity contribution in [3.63, 3.8) is 0 Å². The molecule has 0 bridgehead atoms. The Hall–Kier alpha value is -1.44. The molecule has 1 unspecified atom stereocenters. The minimum absolute atomic E-state index is 0. The molecule has 0 aliphatic carbocycles. The molecule has 1 amide bonds. The highest BCUT2D eigenvalue weighted by molar-refractivity contribution is 5.91.